The molecule has 0 amide bonds. The third-order valence-electron chi connectivity index (χ3n) is 0.808. The summed E-state index contributed by atoms with van der Waals surface area (Å²) >= 11 is 0. The van der Waals surface area contributed by atoms with Gasteiger partial charge in [-0.3, -0.25) is 0 Å². The summed E-state index contributed by atoms with van der Waals surface area (Å²) in [6.45, 7) is 3.33. The van der Waals surface area contributed by atoms with Gasteiger partial charge in [0, 0.05) is 12.5 Å². The monoisotopic (exact) mass is 134 g/mol. The molecule has 0 rings (SSSR count). The van der Waals surface area contributed by atoms with Crippen LogP contribution in [0.1, 0.15) is 0 Å². The van der Waals surface area contributed by atoms with Crippen LogP contribution in [0.2, 0.25) is 0 Å². The van der Waals surface area contributed by atoms with Crippen molar-refractivity contribution >= 4 is 9.73 Å². The van der Waals surface area contributed by atoms with Crippen LogP contribution < -0.4 is 5.73 Å². The third kappa shape index (κ3) is 1.63. The highest BCUT2D eigenvalue weighted by molar-refractivity contribution is 7.96. The zero-order valence-electron chi connectivity index (χ0n) is 4.83. The molecular formula is C4H10N2OS. The molecule has 0 aromatic carbocycles. The Hall–Kier alpha value is -0.350. The Morgan fingerprint density at radius 3 is 2.50 bits per heavy atom. The van der Waals surface area contributed by atoms with Crippen LogP contribution in [0.4, 0.5) is 0 Å². The van der Waals surface area contributed by atoms with Crippen LogP contribution in [0.3, 0.4) is 0 Å². The SMILES string of the molecule is C=CS(=O)(CN)=NC. The smallest absolute Gasteiger partial charge is 0.0820 e. The lowest BCUT2D eigenvalue weighted by Gasteiger charge is -1.94. The van der Waals surface area contributed by atoms with Crippen LogP contribution in [0, 0.1) is 0 Å². The van der Waals surface area contributed by atoms with Gasteiger partial charge in [0.15, 0.2) is 0 Å². The van der Waals surface area contributed by atoms with Gasteiger partial charge in [0.25, 0.3) is 0 Å². The van der Waals surface area contributed by atoms with Crippen molar-refractivity contribution < 1.29 is 4.21 Å². The molecule has 0 bridgehead atoms. The first-order valence-electron chi connectivity index (χ1n) is 2.14. The third-order valence-corrected chi connectivity index (χ3v) is 2.42. The summed E-state index contributed by atoms with van der Waals surface area (Å²) in [7, 11) is -0.767. The molecule has 0 heterocycles. The zero-order valence-corrected chi connectivity index (χ0v) is 5.65. The van der Waals surface area contributed by atoms with Crippen LogP contribution in [0.25, 0.3) is 0 Å². The van der Waals surface area contributed by atoms with E-state index < -0.39 is 9.73 Å². The van der Waals surface area contributed by atoms with Gasteiger partial charge in [-0.1, -0.05) is 6.58 Å². The normalized spacial score (nSPS) is 16.8. The predicted molar refractivity (Wildman–Crippen MR) is 35.7 cm³/mol. The average molecular weight is 134 g/mol. The Labute approximate surface area is 49.8 Å². The lowest BCUT2D eigenvalue weighted by atomic mass is 11.3. The molecule has 0 saturated carbocycles. The summed E-state index contributed by atoms with van der Waals surface area (Å²) in [5.41, 5.74) is 5.09. The van der Waals surface area contributed by atoms with Crippen LogP contribution in [0.15, 0.2) is 16.3 Å². The maximum Gasteiger partial charge on any atom is 0.0820 e. The number of hydrogen-bond donors (Lipinski definition) is 1. The Balaban J connectivity index is 4.51. The van der Waals surface area contributed by atoms with Crippen LogP contribution in [-0.4, -0.2) is 17.1 Å². The molecule has 1 unspecified atom stereocenters. The predicted octanol–water partition coefficient (Wildman–Crippen LogP) is 0.144. The highest BCUT2D eigenvalue weighted by atomic mass is 32.2. The van der Waals surface area contributed by atoms with Crippen LogP contribution in [0.5, 0.6) is 0 Å². The Kier molecular flexibility index (Phi) is 2.71. The molecular weight excluding hydrogens is 124 g/mol. The first-order valence-corrected chi connectivity index (χ1v) is 3.88. The van der Waals surface area contributed by atoms with Gasteiger partial charge in [0.1, 0.15) is 0 Å². The van der Waals surface area contributed by atoms with Gasteiger partial charge < -0.3 is 5.73 Å². The van der Waals surface area contributed by atoms with E-state index >= 15 is 0 Å². The van der Waals surface area contributed by atoms with E-state index in [1.807, 2.05) is 0 Å². The summed E-state index contributed by atoms with van der Waals surface area (Å²) in [6.07, 6.45) is 0. The van der Waals surface area contributed by atoms with Crippen molar-refractivity contribution in [2.75, 3.05) is 12.9 Å². The van der Waals surface area contributed by atoms with Crippen molar-refractivity contribution in [2.24, 2.45) is 10.1 Å². The second-order valence-electron chi connectivity index (χ2n) is 1.21. The summed E-state index contributed by atoms with van der Waals surface area (Å²) in [5.74, 6) is 0.0625. The van der Waals surface area contributed by atoms with Gasteiger partial charge in [-0.05, 0) is 0 Å². The topological polar surface area (TPSA) is 55.5 Å². The van der Waals surface area contributed by atoms with E-state index in [2.05, 4.69) is 10.9 Å². The molecule has 0 spiro atoms. The van der Waals surface area contributed by atoms with E-state index in [-0.39, 0.29) is 5.88 Å². The summed E-state index contributed by atoms with van der Waals surface area (Å²) in [5, 5.41) is 1.28. The Morgan fingerprint density at radius 1 is 2.00 bits per heavy atom. The molecule has 0 aliphatic rings. The highest BCUT2D eigenvalue weighted by Crippen LogP contribution is 1.89. The fourth-order valence-electron chi connectivity index (χ4n) is 0.217. The first kappa shape index (κ1) is 7.65. The molecule has 0 saturated heterocycles. The van der Waals surface area contributed by atoms with E-state index in [9.17, 15) is 4.21 Å². The standard InChI is InChI=1S/C4H10N2OS/c1-3-8(7,4-5)6-2/h3H,1,4-5H2,2H3. The average Bonchev–Trinajstić information content (AvgIpc) is 1.87. The van der Waals surface area contributed by atoms with Gasteiger partial charge in [-0.15, -0.1) is 0 Å². The van der Waals surface area contributed by atoms with E-state index in [4.69, 9.17) is 5.73 Å². The van der Waals surface area contributed by atoms with Gasteiger partial charge in [-0.2, -0.15) is 0 Å². The van der Waals surface area contributed by atoms with Crippen molar-refractivity contribution in [2.45, 2.75) is 0 Å². The van der Waals surface area contributed by atoms with Gasteiger partial charge >= 0.3 is 0 Å². The second-order valence-corrected chi connectivity index (χ2v) is 3.62. The van der Waals surface area contributed by atoms with Crippen molar-refractivity contribution in [1.82, 2.24) is 0 Å². The molecule has 8 heavy (non-hydrogen) atoms. The lowest BCUT2D eigenvalue weighted by molar-refractivity contribution is 0.682. The molecule has 48 valence electrons. The minimum absolute atomic E-state index is 0.0625. The first-order chi connectivity index (χ1) is 3.68. The summed E-state index contributed by atoms with van der Waals surface area (Å²) < 4.78 is 14.4. The highest BCUT2D eigenvalue weighted by Gasteiger charge is 1.93. The summed E-state index contributed by atoms with van der Waals surface area (Å²) in [4.78, 5) is 0. The minimum Gasteiger partial charge on any atom is -0.319 e. The number of rotatable bonds is 2. The molecule has 3 nitrogen and oxygen atoms in total. The molecule has 0 fully saturated rings. The molecule has 0 aliphatic carbocycles. The molecule has 1 atom stereocenters. The molecule has 4 heteroatoms. The van der Waals surface area contributed by atoms with Crippen molar-refractivity contribution in [3.63, 3.8) is 0 Å². The number of hydrogen-bond acceptors (Lipinski definition) is 3. The quantitative estimate of drug-likeness (QED) is 0.584. The van der Waals surface area contributed by atoms with Gasteiger partial charge in [0.2, 0.25) is 0 Å². The molecule has 0 radical (unpaired) electrons. The molecule has 2 N–H and O–H groups in total. The number of nitrogens with two attached hydrogens (primary N) is 1. The maximum atomic E-state index is 10.9. The fraction of sp³-hybridized carbons (Fsp3) is 0.500. The largest absolute Gasteiger partial charge is 0.319 e. The van der Waals surface area contributed by atoms with Crippen LogP contribution in [-0.2, 0) is 9.73 Å². The van der Waals surface area contributed by atoms with E-state index in [1.54, 1.807) is 0 Å². The van der Waals surface area contributed by atoms with Crippen molar-refractivity contribution in [3.05, 3.63) is 12.0 Å². The summed E-state index contributed by atoms with van der Waals surface area (Å²) in [6, 6.07) is 0. The Morgan fingerprint density at radius 2 is 2.50 bits per heavy atom. The van der Waals surface area contributed by atoms with Gasteiger partial charge in [-0.25, -0.2) is 8.57 Å². The second kappa shape index (κ2) is 2.84. The fourth-order valence-corrected chi connectivity index (χ4v) is 0.651. The van der Waals surface area contributed by atoms with Crippen LogP contribution >= 0.6 is 0 Å². The molecule has 0 aromatic rings. The van der Waals surface area contributed by atoms with E-state index in [0.717, 1.165) is 0 Å². The van der Waals surface area contributed by atoms with E-state index in [1.165, 1.54) is 12.5 Å². The zero-order chi connectivity index (χ0) is 6.62. The number of nitrogens with zero attached hydrogens (tertiary/aromatic N) is 1. The van der Waals surface area contributed by atoms with Crippen molar-refractivity contribution in [1.29, 1.82) is 0 Å². The van der Waals surface area contributed by atoms with E-state index in [0.29, 0.717) is 0 Å². The minimum atomic E-state index is -2.24. The molecule has 0 aromatic heterocycles. The molecule has 0 aliphatic heterocycles. The van der Waals surface area contributed by atoms with Gasteiger partial charge in [0.05, 0.1) is 15.6 Å². The maximum absolute atomic E-state index is 10.9. The lowest BCUT2D eigenvalue weighted by Crippen LogP contribution is -2.10. The Bertz CT molecular complexity index is 178. The van der Waals surface area contributed by atoms with Crippen molar-refractivity contribution in [3.8, 4) is 0 Å².